The van der Waals surface area contributed by atoms with Gasteiger partial charge in [0.1, 0.15) is 0 Å². The number of benzene rings is 2. The molecule has 0 aromatic heterocycles. The van der Waals surface area contributed by atoms with E-state index in [9.17, 15) is 22.8 Å². The van der Waals surface area contributed by atoms with Crippen LogP contribution in [0, 0.1) is 0 Å². The predicted molar refractivity (Wildman–Crippen MR) is 115 cm³/mol. The lowest BCUT2D eigenvalue weighted by atomic mass is 10.1. The Morgan fingerprint density at radius 1 is 1.03 bits per heavy atom. The SMILES string of the molecule is COc1cc(C(=O)OCC(=O)N2CCN(c3cccc(C(F)(F)F)c3)CC2)cc(Cl)c1OC. The fourth-order valence-electron chi connectivity index (χ4n) is 3.43. The minimum atomic E-state index is -4.42. The van der Waals surface area contributed by atoms with E-state index < -0.39 is 30.2 Å². The van der Waals surface area contributed by atoms with Crippen molar-refractivity contribution in [3.8, 4) is 11.5 Å². The second-order valence-electron chi connectivity index (χ2n) is 7.19. The first-order valence-electron chi connectivity index (χ1n) is 9.92. The van der Waals surface area contributed by atoms with E-state index in [0.717, 1.165) is 12.1 Å². The van der Waals surface area contributed by atoms with Gasteiger partial charge in [-0.25, -0.2) is 4.79 Å². The van der Waals surface area contributed by atoms with Crippen LogP contribution in [0.1, 0.15) is 15.9 Å². The van der Waals surface area contributed by atoms with E-state index in [2.05, 4.69) is 0 Å². The van der Waals surface area contributed by atoms with Gasteiger partial charge in [-0.2, -0.15) is 13.2 Å². The second kappa shape index (κ2) is 10.2. The van der Waals surface area contributed by atoms with Crippen LogP contribution in [0.4, 0.5) is 18.9 Å². The standard InChI is InChI=1S/C22H22ClF3N2O5/c1-31-18-11-14(10-17(23)20(18)32-2)21(30)33-13-19(29)28-8-6-27(7-9-28)16-5-3-4-15(12-16)22(24,25)26/h3-5,10-12H,6-9,13H2,1-2H3. The molecule has 0 bridgehead atoms. The summed E-state index contributed by atoms with van der Waals surface area (Å²) >= 11 is 6.09. The highest BCUT2D eigenvalue weighted by atomic mass is 35.5. The summed E-state index contributed by atoms with van der Waals surface area (Å²) in [5, 5.41) is 0.154. The number of piperazine rings is 1. The number of amides is 1. The smallest absolute Gasteiger partial charge is 0.416 e. The Morgan fingerprint density at radius 2 is 1.73 bits per heavy atom. The van der Waals surface area contributed by atoms with Gasteiger partial charge in [0.25, 0.3) is 5.91 Å². The maximum Gasteiger partial charge on any atom is 0.416 e. The zero-order chi connectivity index (χ0) is 24.2. The summed E-state index contributed by atoms with van der Waals surface area (Å²) < 4.78 is 54.2. The Morgan fingerprint density at radius 3 is 2.33 bits per heavy atom. The Labute approximate surface area is 193 Å². The number of alkyl halides is 3. The lowest BCUT2D eigenvalue weighted by Gasteiger charge is -2.36. The van der Waals surface area contributed by atoms with E-state index in [1.807, 2.05) is 0 Å². The van der Waals surface area contributed by atoms with Gasteiger partial charge in [0.2, 0.25) is 0 Å². The van der Waals surface area contributed by atoms with Crippen LogP contribution in [0.2, 0.25) is 5.02 Å². The van der Waals surface area contributed by atoms with Crippen LogP contribution in [0.3, 0.4) is 0 Å². The molecule has 0 N–H and O–H groups in total. The first-order chi connectivity index (χ1) is 15.6. The van der Waals surface area contributed by atoms with Crippen LogP contribution >= 0.6 is 11.6 Å². The van der Waals surface area contributed by atoms with Crippen molar-refractivity contribution >= 4 is 29.2 Å². The largest absolute Gasteiger partial charge is 0.493 e. The van der Waals surface area contributed by atoms with E-state index in [4.69, 9.17) is 25.8 Å². The Kier molecular flexibility index (Phi) is 7.57. The van der Waals surface area contributed by atoms with Gasteiger partial charge in [0.05, 0.1) is 30.4 Å². The minimum absolute atomic E-state index is 0.0971. The third kappa shape index (κ3) is 5.81. The summed E-state index contributed by atoms with van der Waals surface area (Å²) in [6.07, 6.45) is -4.42. The Hall–Kier alpha value is -3.14. The number of halogens is 4. The summed E-state index contributed by atoms with van der Waals surface area (Å²) in [5.74, 6) is -0.646. The van der Waals surface area contributed by atoms with E-state index >= 15 is 0 Å². The molecule has 1 amide bonds. The number of hydrogen-bond acceptors (Lipinski definition) is 6. The molecule has 2 aromatic rings. The molecule has 1 heterocycles. The third-order valence-electron chi connectivity index (χ3n) is 5.17. The highest BCUT2D eigenvalue weighted by molar-refractivity contribution is 6.32. The van der Waals surface area contributed by atoms with E-state index in [0.29, 0.717) is 18.8 Å². The molecule has 1 aliphatic rings. The number of hydrogen-bond donors (Lipinski definition) is 0. The number of carbonyl (C=O) groups is 2. The number of rotatable bonds is 6. The highest BCUT2D eigenvalue weighted by Gasteiger charge is 2.31. The van der Waals surface area contributed by atoms with Crippen molar-refractivity contribution in [1.29, 1.82) is 0 Å². The highest BCUT2D eigenvalue weighted by Crippen LogP contribution is 2.36. The molecule has 3 rings (SSSR count). The number of anilines is 1. The fourth-order valence-corrected chi connectivity index (χ4v) is 3.72. The monoisotopic (exact) mass is 486 g/mol. The molecule has 11 heteroatoms. The quantitative estimate of drug-likeness (QED) is 0.577. The fraction of sp³-hybridized carbons (Fsp3) is 0.364. The summed E-state index contributed by atoms with van der Waals surface area (Å²) in [7, 11) is 2.80. The molecule has 0 unspecified atom stereocenters. The lowest BCUT2D eigenvalue weighted by molar-refractivity contribution is -0.137. The number of carbonyl (C=O) groups excluding carboxylic acids is 2. The minimum Gasteiger partial charge on any atom is -0.493 e. The molecule has 7 nitrogen and oxygen atoms in total. The molecular formula is C22H22ClF3N2O5. The van der Waals surface area contributed by atoms with Crippen molar-refractivity contribution in [3.63, 3.8) is 0 Å². The van der Waals surface area contributed by atoms with Crippen molar-refractivity contribution in [1.82, 2.24) is 4.90 Å². The Balaban J connectivity index is 1.55. The van der Waals surface area contributed by atoms with Crippen LogP contribution < -0.4 is 14.4 Å². The molecule has 178 valence electrons. The zero-order valence-electron chi connectivity index (χ0n) is 17.9. The normalized spacial score (nSPS) is 14.1. The number of methoxy groups -OCH3 is 2. The molecule has 1 aliphatic heterocycles. The summed E-state index contributed by atoms with van der Waals surface area (Å²) in [6, 6.07) is 7.81. The van der Waals surface area contributed by atoms with Crippen molar-refractivity contribution in [2.45, 2.75) is 6.18 Å². The maximum absolute atomic E-state index is 12.9. The van der Waals surface area contributed by atoms with Gasteiger partial charge in [0, 0.05) is 31.9 Å². The number of esters is 1. The van der Waals surface area contributed by atoms with Crippen LogP contribution in [0.5, 0.6) is 11.5 Å². The third-order valence-corrected chi connectivity index (χ3v) is 5.45. The summed E-state index contributed by atoms with van der Waals surface area (Å²) in [4.78, 5) is 28.1. The van der Waals surface area contributed by atoms with Gasteiger partial charge in [0.15, 0.2) is 18.1 Å². The van der Waals surface area contributed by atoms with Gasteiger partial charge in [-0.05, 0) is 30.3 Å². The van der Waals surface area contributed by atoms with Crippen LogP contribution in [-0.2, 0) is 15.7 Å². The first kappa shape index (κ1) is 24.5. The molecule has 0 spiro atoms. The molecule has 2 aromatic carbocycles. The first-order valence-corrected chi connectivity index (χ1v) is 10.3. The molecule has 0 atom stereocenters. The van der Waals surface area contributed by atoms with Gasteiger partial charge < -0.3 is 24.0 Å². The maximum atomic E-state index is 12.9. The van der Waals surface area contributed by atoms with E-state index in [1.54, 1.807) is 11.0 Å². The van der Waals surface area contributed by atoms with E-state index in [1.165, 1.54) is 37.3 Å². The molecule has 33 heavy (non-hydrogen) atoms. The molecule has 1 saturated heterocycles. The summed E-state index contributed by atoms with van der Waals surface area (Å²) in [6.45, 7) is 0.802. The van der Waals surface area contributed by atoms with Gasteiger partial charge >= 0.3 is 12.1 Å². The van der Waals surface area contributed by atoms with Crippen molar-refractivity contribution in [2.75, 3.05) is 51.9 Å². The molecule has 1 fully saturated rings. The topological polar surface area (TPSA) is 68.3 Å². The molecule has 0 saturated carbocycles. The van der Waals surface area contributed by atoms with Crippen LogP contribution in [0.25, 0.3) is 0 Å². The summed E-state index contributed by atoms with van der Waals surface area (Å²) in [5.41, 5.74) is -0.186. The lowest BCUT2D eigenvalue weighted by Crippen LogP contribution is -2.50. The second-order valence-corrected chi connectivity index (χ2v) is 7.59. The van der Waals surface area contributed by atoms with Gasteiger partial charge in [-0.1, -0.05) is 17.7 Å². The van der Waals surface area contributed by atoms with Crippen molar-refractivity contribution < 1.29 is 37.0 Å². The Bertz CT molecular complexity index is 1020. The molecule has 0 aliphatic carbocycles. The van der Waals surface area contributed by atoms with Crippen molar-refractivity contribution in [2.24, 2.45) is 0 Å². The average Bonchev–Trinajstić information content (AvgIpc) is 2.81. The van der Waals surface area contributed by atoms with Crippen LogP contribution in [-0.4, -0.2) is 63.8 Å². The van der Waals surface area contributed by atoms with Gasteiger partial charge in [-0.15, -0.1) is 0 Å². The number of ether oxygens (including phenoxy) is 3. The van der Waals surface area contributed by atoms with Crippen LogP contribution in [0.15, 0.2) is 36.4 Å². The molecular weight excluding hydrogens is 465 g/mol. The number of nitrogens with zero attached hydrogens (tertiary/aromatic N) is 2. The van der Waals surface area contributed by atoms with E-state index in [-0.39, 0.29) is 35.2 Å². The predicted octanol–water partition coefficient (Wildman–Crippen LogP) is 3.88. The molecule has 0 radical (unpaired) electrons. The van der Waals surface area contributed by atoms with Gasteiger partial charge in [-0.3, -0.25) is 4.79 Å². The zero-order valence-corrected chi connectivity index (χ0v) is 18.7. The average molecular weight is 487 g/mol. The van der Waals surface area contributed by atoms with Crippen molar-refractivity contribution in [3.05, 3.63) is 52.5 Å².